The molecule has 204 valence electrons. The molecule has 1 aliphatic rings. The molecule has 7 atom stereocenters. The lowest BCUT2D eigenvalue weighted by Gasteiger charge is -2.45. The molecule has 2 aromatic rings. The number of hydrogen-bond acceptors (Lipinski definition) is 9. The molecule has 1 aliphatic heterocycles. The van der Waals surface area contributed by atoms with Crippen molar-refractivity contribution in [3.05, 3.63) is 47.5 Å². The van der Waals surface area contributed by atoms with Gasteiger partial charge in [-0.1, -0.05) is 26.0 Å². The van der Waals surface area contributed by atoms with E-state index >= 15 is 0 Å². The Morgan fingerprint density at radius 1 is 0.919 bits per heavy atom. The first-order valence-corrected chi connectivity index (χ1v) is 12.1. The minimum absolute atomic E-state index is 0.109. The summed E-state index contributed by atoms with van der Waals surface area (Å²) in [6, 6.07) is 10.6. The fraction of sp³-hybridized carbons (Fsp3) is 0.519. The zero-order valence-electron chi connectivity index (χ0n) is 21.6. The molecule has 1 fully saturated rings. The largest absolute Gasteiger partial charge is 0.504 e. The molecule has 0 bridgehead atoms. The maximum absolute atomic E-state index is 11.5. The van der Waals surface area contributed by atoms with Crippen LogP contribution >= 0.6 is 0 Å². The summed E-state index contributed by atoms with van der Waals surface area (Å²) in [5, 5.41) is 50.0. The molecular weight excluding hydrogens is 484 g/mol. The van der Waals surface area contributed by atoms with Crippen LogP contribution in [-0.2, 0) is 22.4 Å². The monoisotopic (exact) mass is 520 g/mol. The van der Waals surface area contributed by atoms with Crippen LogP contribution in [0.25, 0.3) is 0 Å². The van der Waals surface area contributed by atoms with E-state index in [4.69, 9.17) is 18.9 Å². The number of aromatic hydroxyl groups is 1. The SMILES string of the molecule is COc1ccc(C[C@H](C)[C@H](C)Cc2ccc(O[C@]3(C)O[C@H](C(=O)O)[C@@H](O)[C@H](O)[C@H]3O)c(OC)c2)cc1O. The second-order valence-corrected chi connectivity index (χ2v) is 9.77. The molecule has 37 heavy (non-hydrogen) atoms. The molecule has 10 heteroatoms. The van der Waals surface area contributed by atoms with Crippen molar-refractivity contribution < 1.29 is 49.3 Å². The van der Waals surface area contributed by atoms with Gasteiger partial charge in [-0.15, -0.1) is 0 Å². The number of carbonyl (C=O) groups is 1. The lowest BCUT2D eigenvalue weighted by Crippen LogP contribution is -2.67. The number of aliphatic hydroxyl groups is 3. The molecule has 0 unspecified atom stereocenters. The average Bonchev–Trinajstić information content (AvgIpc) is 2.86. The van der Waals surface area contributed by atoms with Crippen molar-refractivity contribution >= 4 is 5.97 Å². The Bertz CT molecular complexity index is 1090. The molecule has 0 aromatic heterocycles. The zero-order chi connectivity index (χ0) is 27.5. The van der Waals surface area contributed by atoms with Crippen LogP contribution < -0.4 is 14.2 Å². The van der Waals surface area contributed by atoms with E-state index in [0.29, 0.717) is 17.4 Å². The summed E-state index contributed by atoms with van der Waals surface area (Å²) in [6.45, 7) is 5.57. The fourth-order valence-corrected chi connectivity index (χ4v) is 4.50. The van der Waals surface area contributed by atoms with E-state index in [1.807, 2.05) is 12.1 Å². The molecule has 0 radical (unpaired) electrons. The molecule has 10 nitrogen and oxygen atoms in total. The van der Waals surface area contributed by atoms with E-state index in [1.165, 1.54) is 21.1 Å². The van der Waals surface area contributed by atoms with Gasteiger partial charge in [0, 0.05) is 6.92 Å². The number of carboxylic acid groups (broad SMARTS) is 1. The van der Waals surface area contributed by atoms with Crippen LogP contribution in [0.4, 0.5) is 0 Å². The summed E-state index contributed by atoms with van der Waals surface area (Å²) >= 11 is 0. The lowest BCUT2D eigenvalue weighted by molar-refractivity contribution is -0.322. The van der Waals surface area contributed by atoms with Crippen LogP contribution in [0.15, 0.2) is 36.4 Å². The summed E-state index contributed by atoms with van der Waals surface area (Å²) in [5.41, 5.74) is 1.97. The summed E-state index contributed by atoms with van der Waals surface area (Å²) in [7, 11) is 2.96. The molecule has 0 amide bonds. The van der Waals surface area contributed by atoms with Crippen molar-refractivity contribution in [3.8, 4) is 23.0 Å². The van der Waals surface area contributed by atoms with E-state index < -0.39 is 36.2 Å². The molecule has 0 spiro atoms. The highest BCUT2D eigenvalue weighted by Crippen LogP contribution is 2.38. The second-order valence-electron chi connectivity index (χ2n) is 9.77. The molecule has 0 aliphatic carbocycles. The number of phenols is 1. The highest BCUT2D eigenvalue weighted by molar-refractivity contribution is 5.73. The van der Waals surface area contributed by atoms with E-state index in [-0.39, 0.29) is 17.4 Å². The molecule has 1 saturated heterocycles. The van der Waals surface area contributed by atoms with Crippen LogP contribution in [0.2, 0.25) is 0 Å². The van der Waals surface area contributed by atoms with Crippen LogP contribution in [0.1, 0.15) is 31.9 Å². The van der Waals surface area contributed by atoms with Gasteiger partial charge in [0.2, 0.25) is 5.79 Å². The number of benzene rings is 2. The smallest absolute Gasteiger partial charge is 0.335 e. The van der Waals surface area contributed by atoms with Crippen molar-refractivity contribution in [1.82, 2.24) is 0 Å². The standard InChI is InChI=1S/C27H36O10/c1-14(10-16-6-8-19(34-4)18(28)12-16)15(2)11-17-7-9-20(21(13-17)35-5)36-27(3)25(31)23(30)22(29)24(37-27)26(32)33/h6-9,12-15,22-25,28-31H,10-11H2,1-5H3,(H,32,33)/t14-,15+,22-,23-,24-,25+,27+/m0/s1. The Labute approximate surface area is 216 Å². The lowest BCUT2D eigenvalue weighted by atomic mass is 9.85. The van der Waals surface area contributed by atoms with Crippen molar-refractivity contribution in [3.63, 3.8) is 0 Å². The number of phenolic OH excluding ortho intramolecular Hbond substituents is 1. The van der Waals surface area contributed by atoms with Gasteiger partial charge in [-0.05, 0) is 60.1 Å². The van der Waals surface area contributed by atoms with Crippen LogP contribution in [0.3, 0.4) is 0 Å². The van der Waals surface area contributed by atoms with E-state index in [2.05, 4.69) is 13.8 Å². The second kappa shape index (κ2) is 11.6. The van der Waals surface area contributed by atoms with Gasteiger partial charge in [0.25, 0.3) is 0 Å². The van der Waals surface area contributed by atoms with Gasteiger partial charge in [-0.25, -0.2) is 4.79 Å². The molecule has 2 aromatic carbocycles. The predicted octanol–water partition coefficient (Wildman–Crippen LogP) is 2.13. The highest BCUT2D eigenvalue weighted by atomic mass is 16.7. The Morgan fingerprint density at radius 2 is 1.46 bits per heavy atom. The molecule has 0 saturated carbocycles. The van der Waals surface area contributed by atoms with Crippen LogP contribution in [0.5, 0.6) is 23.0 Å². The Morgan fingerprint density at radius 3 is 1.97 bits per heavy atom. The molecule has 1 heterocycles. The quantitative estimate of drug-likeness (QED) is 0.315. The highest BCUT2D eigenvalue weighted by Gasteiger charge is 2.55. The minimum Gasteiger partial charge on any atom is -0.504 e. The summed E-state index contributed by atoms with van der Waals surface area (Å²) in [6.07, 6.45) is -5.63. The normalized spacial score (nSPS) is 27.2. The zero-order valence-corrected chi connectivity index (χ0v) is 21.6. The van der Waals surface area contributed by atoms with Gasteiger partial charge in [0.15, 0.2) is 29.1 Å². The van der Waals surface area contributed by atoms with Crippen molar-refractivity contribution in [2.24, 2.45) is 11.8 Å². The third-order valence-corrected chi connectivity index (χ3v) is 7.00. The number of carboxylic acids is 1. The Kier molecular flexibility index (Phi) is 8.91. The summed E-state index contributed by atoms with van der Waals surface area (Å²) in [5.74, 6) is -1.83. The molecule has 5 N–H and O–H groups in total. The number of aliphatic hydroxyl groups excluding tert-OH is 3. The third kappa shape index (κ3) is 6.27. The first-order valence-electron chi connectivity index (χ1n) is 12.1. The van der Waals surface area contributed by atoms with Gasteiger partial charge in [-0.2, -0.15) is 0 Å². The number of methoxy groups -OCH3 is 2. The van der Waals surface area contributed by atoms with Crippen molar-refractivity contribution in [1.29, 1.82) is 0 Å². The van der Waals surface area contributed by atoms with Gasteiger partial charge in [0.1, 0.15) is 18.3 Å². The third-order valence-electron chi connectivity index (χ3n) is 7.00. The fourth-order valence-electron chi connectivity index (χ4n) is 4.50. The number of ether oxygens (including phenoxy) is 4. The number of hydrogen-bond donors (Lipinski definition) is 5. The van der Waals surface area contributed by atoms with Gasteiger partial charge >= 0.3 is 5.97 Å². The topological polar surface area (TPSA) is 155 Å². The first kappa shape index (κ1) is 28.5. The summed E-state index contributed by atoms with van der Waals surface area (Å²) in [4.78, 5) is 11.5. The van der Waals surface area contributed by atoms with Gasteiger partial charge in [-0.3, -0.25) is 0 Å². The first-order chi connectivity index (χ1) is 17.4. The maximum Gasteiger partial charge on any atom is 0.335 e. The number of rotatable bonds is 10. The van der Waals surface area contributed by atoms with Crippen molar-refractivity contribution in [2.45, 2.75) is 63.8 Å². The van der Waals surface area contributed by atoms with E-state index in [0.717, 1.165) is 24.0 Å². The predicted molar refractivity (Wildman–Crippen MR) is 133 cm³/mol. The molecular formula is C27H36O10. The van der Waals surface area contributed by atoms with E-state index in [1.54, 1.807) is 24.3 Å². The number of aliphatic carboxylic acids is 1. The van der Waals surface area contributed by atoms with Crippen LogP contribution in [0, 0.1) is 11.8 Å². The minimum atomic E-state index is -1.96. The Balaban J connectivity index is 1.72. The van der Waals surface area contributed by atoms with Crippen LogP contribution in [-0.4, -0.2) is 75.9 Å². The molecule has 3 rings (SSSR count). The van der Waals surface area contributed by atoms with E-state index in [9.17, 15) is 30.3 Å². The maximum atomic E-state index is 11.5. The van der Waals surface area contributed by atoms with Crippen molar-refractivity contribution in [2.75, 3.05) is 14.2 Å². The Hall–Kier alpha value is -3.05. The average molecular weight is 521 g/mol. The summed E-state index contributed by atoms with van der Waals surface area (Å²) < 4.78 is 21.8. The van der Waals surface area contributed by atoms with Gasteiger partial charge in [0.05, 0.1) is 14.2 Å². The van der Waals surface area contributed by atoms with Gasteiger partial charge < -0.3 is 44.5 Å².